The Morgan fingerprint density at radius 2 is 2.12 bits per heavy atom. The molecule has 0 saturated carbocycles. The molecule has 1 unspecified atom stereocenters. The number of imidazole rings is 1. The zero-order valence-electron chi connectivity index (χ0n) is 10.1. The quantitative estimate of drug-likeness (QED) is 0.842. The number of sulfonamides is 1. The highest BCUT2D eigenvalue weighted by Gasteiger charge is 2.24. The molecule has 0 saturated heterocycles. The SMILES string of the molecule is CC(NS(=O)(=O)CC(C)(C)C)c1ncc[nH]1. The second-order valence-corrected chi connectivity index (χ2v) is 6.89. The third-order valence-electron chi connectivity index (χ3n) is 1.91. The van der Waals surface area contributed by atoms with Crippen LogP contribution in [0, 0.1) is 5.41 Å². The fraction of sp³-hybridized carbons (Fsp3) is 0.700. The minimum Gasteiger partial charge on any atom is -0.347 e. The van der Waals surface area contributed by atoms with Crippen LogP contribution in [0.4, 0.5) is 0 Å². The number of hydrogen-bond acceptors (Lipinski definition) is 3. The molecule has 0 bridgehead atoms. The van der Waals surface area contributed by atoms with Gasteiger partial charge in [-0.2, -0.15) is 0 Å². The van der Waals surface area contributed by atoms with Gasteiger partial charge in [0.05, 0.1) is 11.8 Å². The fourth-order valence-electron chi connectivity index (χ4n) is 1.45. The van der Waals surface area contributed by atoms with Crippen molar-refractivity contribution in [3.05, 3.63) is 18.2 Å². The highest BCUT2D eigenvalue weighted by Crippen LogP contribution is 2.17. The van der Waals surface area contributed by atoms with Crippen LogP contribution in [0.2, 0.25) is 0 Å². The molecule has 0 radical (unpaired) electrons. The van der Waals surface area contributed by atoms with Crippen LogP contribution in [0.3, 0.4) is 0 Å². The largest absolute Gasteiger partial charge is 0.347 e. The average Bonchev–Trinajstić information content (AvgIpc) is 2.48. The van der Waals surface area contributed by atoms with Crippen molar-refractivity contribution >= 4 is 10.0 Å². The Bertz CT molecular complexity index is 417. The molecule has 0 aliphatic heterocycles. The number of H-pyrrole nitrogens is 1. The third-order valence-corrected chi connectivity index (χ3v) is 3.87. The summed E-state index contributed by atoms with van der Waals surface area (Å²) in [5, 5.41) is 0. The van der Waals surface area contributed by atoms with E-state index < -0.39 is 10.0 Å². The number of aromatic amines is 1. The lowest BCUT2D eigenvalue weighted by Crippen LogP contribution is -2.34. The molecule has 16 heavy (non-hydrogen) atoms. The van der Waals surface area contributed by atoms with Gasteiger partial charge in [-0.15, -0.1) is 0 Å². The summed E-state index contributed by atoms with van der Waals surface area (Å²) in [6.07, 6.45) is 3.27. The Morgan fingerprint density at radius 1 is 1.50 bits per heavy atom. The van der Waals surface area contributed by atoms with Crippen LogP contribution in [-0.2, 0) is 10.0 Å². The van der Waals surface area contributed by atoms with Crippen molar-refractivity contribution in [1.82, 2.24) is 14.7 Å². The molecule has 0 spiro atoms. The van der Waals surface area contributed by atoms with E-state index in [-0.39, 0.29) is 17.2 Å². The molecule has 92 valence electrons. The topological polar surface area (TPSA) is 74.8 Å². The average molecular weight is 245 g/mol. The molecule has 1 heterocycles. The van der Waals surface area contributed by atoms with Gasteiger partial charge < -0.3 is 4.98 Å². The van der Waals surface area contributed by atoms with Crippen LogP contribution in [0.5, 0.6) is 0 Å². The number of rotatable bonds is 4. The molecule has 6 heteroatoms. The molecule has 5 nitrogen and oxygen atoms in total. The number of aromatic nitrogens is 2. The smallest absolute Gasteiger partial charge is 0.212 e. The zero-order valence-corrected chi connectivity index (χ0v) is 10.9. The summed E-state index contributed by atoms with van der Waals surface area (Å²) in [7, 11) is -3.27. The van der Waals surface area contributed by atoms with Crippen LogP contribution < -0.4 is 4.72 Å². The molecular weight excluding hydrogens is 226 g/mol. The summed E-state index contributed by atoms with van der Waals surface area (Å²) in [6, 6.07) is -0.331. The van der Waals surface area contributed by atoms with Gasteiger partial charge >= 0.3 is 0 Å². The molecule has 2 N–H and O–H groups in total. The van der Waals surface area contributed by atoms with E-state index in [2.05, 4.69) is 14.7 Å². The summed E-state index contributed by atoms with van der Waals surface area (Å²) in [6.45, 7) is 7.44. The molecule has 1 aromatic heterocycles. The first-order chi connectivity index (χ1) is 7.20. The molecule has 0 fully saturated rings. The lowest BCUT2D eigenvalue weighted by atomic mass is 10.0. The Kier molecular flexibility index (Phi) is 3.75. The van der Waals surface area contributed by atoms with Crippen LogP contribution >= 0.6 is 0 Å². The maximum atomic E-state index is 11.8. The van der Waals surface area contributed by atoms with Crippen LogP contribution in [0.15, 0.2) is 12.4 Å². The van der Waals surface area contributed by atoms with Gasteiger partial charge in [-0.05, 0) is 12.3 Å². The van der Waals surface area contributed by atoms with Gasteiger partial charge in [-0.1, -0.05) is 20.8 Å². The van der Waals surface area contributed by atoms with Crippen LogP contribution in [-0.4, -0.2) is 24.1 Å². The highest BCUT2D eigenvalue weighted by molar-refractivity contribution is 7.89. The van der Waals surface area contributed by atoms with Crippen molar-refractivity contribution in [2.24, 2.45) is 5.41 Å². The van der Waals surface area contributed by atoms with Crippen molar-refractivity contribution in [2.45, 2.75) is 33.7 Å². The Hall–Kier alpha value is -0.880. The van der Waals surface area contributed by atoms with Crippen molar-refractivity contribution < 1.29 is 8.42 Å². The Morgan fingerprint density at radius 3 is 2.56 bits per heavy atom. The summed E-state index contributed by atoms with van der Waals surface area (Å²) < 4.78 is 26.2. The van der Waals surface area contributed by atoms with Gasteiger partial charge in [0.1, 0.15) is 5.82 Å². The predicted octanol–water partition coefficient (Wildman–Crippen LogP) is 1.44. The van der Waals surface area contributed by atoms with E-state index in [0.29, 0.717) is 5.82 Å². The number of hydrogen-bond donors (Lipinski definition) is 2. The van der Waals surface area contributed by atoms with Gasteiger partial charge in [0.15, 0.2) is 0 Å². The number of nitrogens with one attached hydrogen (secondary N) is 2. The zero-order chi connectivity index (χ0) is 12.4. The minimum absolute atomic E-state index is 0.102. The van der Waals surface area contributed by atoms with Gasteiger partial charge in [0.2, 0.25) is 10.0 Å². The maximum absolute atomic E-state index is 11.8. The lowest BCUT2D eigenvalue weighted by molar-refractivity contribution is 0.454. The molecule has 0 aliphatic carbocycles. The van der Waals surface area contributed by atoms with E-state index in [1.165, 1.54) is 0 Å². The van der Waals surface area contributed by atoms with Crippen molar-refractivity contribution in [3.63, 3.8) is 0 Å². The molecule has 0 aromatic carbocycles. The monoisotopic (exact) mass is 245 g/mol. The molecule has 0 aliphatic rings. The third kappa shape index (κ3) is 4.32. The van der Waals surface area contributed by atoms with Gasteiger partial charge in [-0.3, -0.25) is 0 Å². The van der Waals surface area contributed by atoms with E-state index >= 15 is 0 Å². The summed E-state index contributed by atoms with van der Waals surface area (Å²) in [5.41, 5.74) is -0.255. The standard InChI is InChI=1S/C10H19N3O2S/c1-8(9-11-5-6-12-9)13-16(14,15)7-10(2,3)4/h5-6,8,13H,7H2,1-4H3,(H,11,12). The first-order valence-corrected chi connectivity index (χ1v) is 6.84. The molecule has 1 atom stereocenters. The van der Waals surface area contributed by atoms with Crippen molar-refractivity contribution in [3.8, 4) is 0 Å². The van der Waals surface area contributed by atoms with E-state index in [9.17, 15) is 8.42 Å². The lowest BCUT2D eigenvalue weighted by Gasteiger charge is -2.20. The molecule has 1 aromatic rings. The minimum atomic E-state index is -3.27. The van der Waals surface area contributed by atoms with Crippen LogP contribution in [0.25, 0.3) is 0 Å². The van der Waals surface area contributed by atoms with Crippen LogP contribution in [0.1, 0.15) is 39.6 Å². The van der Waals surface area contributed by atoms with E-state index in [0.717, 1.165) is 0 Å². The fourth-order valence-corrected chi connectivity index (χ4v) is 3.32. The first-order valence-electron chi connectivity index (χ1n) is 5.19. The Labute approximate surface area is 96.7 Å². The second-order valence-electron chi connectivity index (χ2n) is 5.13. The van der Waals surface area contributed by atoms with Crippen molar-refractivity contribution in [2.75, 3.05) is 5.75 Å². The number of nitrogens with zero attached hydrogens (tertiary/aromatic N) is 1. The van der Waals surface area contributed by atoms with E-state index in [1.807, 2.05) is 20.8 Å². The van der Waals surface area contributed by atoms with Crippen molar-refractivity contribution in [1.29, 1.82) is 0 Å². The molecular formula is C10H19N3O2S. The highest BCUT2D eigenvalue weighted by atomic mass is 32.2. The second kappa shape index (κ2) is 4.55. The molecule has 1 rings (SSSR count). The maximum Gasteiger partial charge on any atom is 0.212 e. The van der Waals surface area contributed by atoms with Gasteiger partial charge in [0, 0.05) is 12.4 Å². The normalized spacial score (nSPS) is 15.0. The molecule has 0 amide bonds. The first kappa shape index (κ1) is 13.2. The summed E-state index contributed by atoms with van der Waals surface area (Å²) in [5.74, 6) is 0.725. The van der Waals surface area contributed by atoms with E-state index in [1.54, 1.807) is 19.3 Å². The summed E-state index contributed by atoms with van der Waals surface area (Å²) in [4.78, 5) is 6.90. The van der Waals surface area contributed by atoms with E-state index in [4.69, 9.17) is 0 Å². The van der Waals surface area contributed by atoms with Gasteiger partial charge in [-0.25, -0.2) is 18.1 Å². The summed E-state index contributed by atoms with van der Waals surface area (Å²) >= 11 is 0. The Balaban J connectivity index is 2.67. The van der Waals surface area contributed by atoms with Gasteiger partial charge in [0.25, 0.3) is 0 Å². The predicted molar refractivity (Wildman–Crippen MR) is 63.4 cm³/mol.